The van der Waals surface area contributed by atoms with E-state index in [-0.39, 0.29) is 11.2 Å². The number of hydrogen-bond donors (Lipinski definition) is 0. The summed E-state index contributed by atoms with van der Waals surface area (Å²) in [5.41, 5.74) is 0.434. The molecule has 0 aromatic heterocycles. The van der Waals surface area contributed by atoms with E-state index in [1.54, 1.807) is 0 Å². The van der Waals surface area contributed by atoms with Crippen LogP contribution >= 0.6 is 0 Å². The smallest absolute Gasteiger partial charge is 0.0692 e. The van der Waals surface area contributed by atoms with Crippen LogP contribution in [0.1, 0.15) is 59.8 Å². The Bertz CT molecular complexity index is 298. The zero-order chi connectivity index (χ0) is 11.6. The highest BCUT2D eigenvalue weighted by Crippen LogP contribution is 2.60. The Labute approximate surface area is 99.9 Å². The van der Waals surface area contributed by atoms with E-state index in [0.29, 0.717) is 0 Å². The van der Waals surface area contributed by atoms with Gasteiger partial charge in [0.25, 0.3) is 0 Å². The minimum Gasteiger partial charge on any atom is -0.369 e. The maximum Gasteiger partial charge on any atom is 0.0692 e. The van der Waals surface area contributed by atoms with Crippen LogP contribution in [0.25, 0.3) is 0 Å². The van der Waals surface area contributed by atoms with Crippen LogP contribution in [-0.2, 0) is 4.74 Å². The largest absolute Gasteiger partial charge is 0.369 e. The van der Waals surface area contributed by atoms with E-state index in [4.69, 9.17) is 4.74 Å². The molecule has 5 atom stereocenters. The molecule has 0 aromatic rings. The summed E-state index contributed by atoms with van der Waals surface area (Å²) >= 11 is 0. The first-order valence-corrected chi connectivity index (χ1v) is 7.14. The zero-order valence-corrected chi connectivity index (χ0v) is 11.3. The first kappa shape index (κ1) is 11.1. The van der Waals surface area contributed by atoms with Gasteiger partial charge in [0, 0.05) is 0 Å². The molecule has 2 saturated carbocycles. The lowest BCUT2D eigenvalue weighted by atomic mass is 9.52. The molecule has 0 N–H and O–H groups in total. The lowest BCUT2D eigenvalue weighted by Crippen LogP contribution is -2.63. The Kier molecular flexibility index (Phi) is 2.25. The van der Waals surface area contributed by atoms with E-state index in [1.807, 2.05) is 0 Å². The van der Waals surface area contributed by atoms with Crippen LogP contribution in [0.2, 0.25) is 0 Å². The molecule has 92 valence electrons. The Balaban J connectivity index is 1.93. The zero-order valence-electron chi connectivity index (χ0n) is 11.3. The third-order valence-corrected chi connectivity index (χ3v) is 5.81. The van der Waals surface area contributed by atoms with Crippen LogP contribution < -0.4 is 0 Å². The second-order valence-electron chi connectivity index (χ2n) is 7.32. The Morgan fingerprint density at radius 1 is 1.12 bits per heavy atom. The van der Waals surface area contributed by atoms with Crippen molar-refractivity contribution in [2.45, 2.75) is 71.0 Å². The van der Waals surface area contributed by atoms with Crippen LogP contribution in [0.4, 0.5) is 0 Å². The van der Waals surface area contributed by atoms with E-state index in [9.17, 15) is 0 Å². The molecule has 4 bridgehead atoms. The average molecular weight is 222 g/mol. The van der Waals surface area contributed by atoms with Gasteiger partial charge >= 0.3 is 0 Å². The predicted octanol–water partition coefficient (Wildman–Crippen LogP) is 4.02. The molecular formula is C15H26O. The molecule has 4 rings (SSSR count). The van der Waals surface area contributed by atoms with Crippen molar-refractivity contribution in [3.05, 3.63) is 0 Å². The molecule has 0 unspecified atom stereocenters. The predicted molar refractivity (Wildman–Crippen MR) is 66.3 cm³/mol. The first-order valence-electron chi connectivity index (χ1n) is 7.14. The summed E-state index contributed by atoms with van der Waals surface area (Å²) in [5.74, 6) is 3.63. The second kappa shape index (κ2) is 3.25. The van der Waals surface area contributed by atoms with Gasteiger partial charge in [-0.2, -0.15) is 0 Å². The lowest BCUT2D eigenvalue weighted by molar-refractivity contribution is -0.286. The molecule has 2 aliphatic heterocycles. The Morgan fingerprint density at radius 2 is 1.88 bits per heavy atom. The highest BCUT2D eigenvalue weighted by atomic mass is 16.5. The summed E-state index contributed by atoms with van der Waals surface area (Å²) in [6, 6.07) is 0. The van der Waals surface area contributed by atoms with Crippen molar-refractivity contribution in [1.82, 2.24) is 0 Å². The van der Waals surface area contributed by atoms with Crippen LogP contribution in [-0.4, -0.2) is 11.2 Å². The molecule has 16 heavy (non-hydrogen) atoms. The number of ether oxygens (including phenoxy) is 1. The molecule has 2 heterocycles. The number of rotatable bonds is 1. The molecule has 0 amide bonds. The fourth-order valence-corrected chi connectivity index (χ4v) is 5.09. The maximum atomic E-state index is 6.46. The molecule has 0 spiro atoms. The fraction of sp³-hybridized carbons (Fsp3) is 1.00. The molecule has 1 heteroatoms. The van der Waals surface area contributed by atoms with Gasteiger partial charge in [-0.1, -0.05) is 13.8 Å². The average Bonchev–Trinajstić information content (AvgIpc) is 2.14. The molecule has 1 nitrogen and oxygen atoms in total. The molecule has 4 aliphatic rings. The summed E-state index contributed by atoms with van der Waals surface area (Å²) in [4.78, 5) is 0. The summed E-state index contributed by atoms with van der Waals surface area (Å²) < 4.78 is 6.46. The van der Waals surface area contributed by atoms with E-state index in [0.717, 1.165) is 23.7 Å². The van der Waals surface area contributed by atoms with E-state index in [2.05, 4.69) is 27.7 Å². The third-order valence-electron chi connectivity index (χ3n) is 5.81. The molecule has 2 aliphatic carbocycles. The van der Waals surface area contributed by atoms with Gasteiger partial charge in [-0.15, -0.1) is 0 Å². The van der Waals surface area contributed by atoms with Gasteiger partial charge < -0.3 is 4.74 Å². The molecule has 4 fully saturated rings. The Hall–Kier alpha value is -0.0400. The first-order chi connectivity index (χ1) is 7.44. The number of fused-ring (bicyclic) bond motifs is 1. The molecule has 0 aromatic carbocycles. The maximum absolute atomic E-state index is 6.46. The highest BCUT2D eigenvalue weighted by Gasteiger charge is 2.59. The molecule has 0 radical (unpaired) electrons. The van der Waals surface area contributed by atoms with Crippen LogP contribution in [0.3, 0.4) is 0 Å². The highest BCUT2D eigenvalue weighted by molar-refractivity contribution is 5.08. The quantitative estimate of drug-likeness (QED) is 0.651. The summed E-state index contributed by atoms with van der Waals surface area (Å²) in [6.07, 6.45) is 6.74. The van der Waals surface area contributed by atoms with Gasteiger partial charge in [0.1, 0.15) is 0 Å². The normalized spacial score (nSPS) is 55.7. The van der Waals surface area contributed by atoms with E-state index >= 15 is 0 Å². The van der Waals surface area contributed by atoms with Gasteiger partial charge in [0.2, 0.25) is 0 Å². The van der Waals surface area contributed by atoms with Crippen molar-refractivity contribution in [2.24, 2.45) is 23.7 Å². The van der Waals surface area contributed by atoms with Crippen LogP contribution in [0.15, 0.2) is 0 Å². The lowest BCUT2D eigenvalue weighted by Gasteiger charge is -2.63. The van der Waals surface area contributed by atoms with Gasteiger partial charge in [-0.05, 0) is 69.6 Å². The summed E-state index contributed by atoms with van der Waals surface area (Å²) in [7, 11) is 0. The molecule has 2 saturated heterocycles. The van der Waals surface area contributed by atoms with Crippen LogP contribution in [0, 0.1) is 23.7 Å². The van der Waals surface area contributed by atoms with E-state index in [1.165, 1.54) is 32.1 Å². The monoisotopic (exact) mass is 222 g/mol. The number of hydrogen-bond acceptors (Lipinski definition) is 1. The standard InChI is InChI=1S/C15H26O/c1-10(2)11-5-8-15(4)13-6-7-14(3,16-15)9-12(11)13/h10-13H,5-9H2,1-4H3/t11-,12-,13-,14-,15+/m0/s1. The van der Waals surface area contributed by atoms with Crippen LogP contribution in [0.5, 0.6) is 0 Å². The second-order valence-corrected chi connectivity index (χ2v) is 7.32. The molecular weight excluding hydrogens is 196 g/mol. The van der Waals surface area contributed by atoms with Crippen molar-refractivity contribution in [1.29, 1.82) is 0 Å². The SMILES string of the molecule is CC(C)[C@@H]1CC[C@@]2(C)O[C@@]3(C)CC[C@H]2[C@H]1C3. The minimum atomic E-state index is 0.210. The van der Waals surface area contributed by atoms with Gasteiger partial charge in [0.15, 0.2) is 0 Å². The van der Waals surface area contributed by atoms with Gasteiger partial charge in [0.05, 0.1) is 11.2 Å². The summed E-state index contributed by atoms with van der Waals surface area (Å²) in [6.45, 7) is 9.58. The van der Waals surface area contributed by atoms with Crippen molar-refractivity contribution >= 4 is 0 Å². The Morgan fingerprint density at radius 3 is 2.50 bits per heavy atom. The van der Waals surface area contributed by atoms with E-state index < -0.39 is 0 Å². The van der Waals surface area contributed by atoms with Crippen molar-refractivity contribution in [2.75, 3.05) is 0 Å². The van der Waals surface area contributed by atoms with Crippen molar-refractivity contribution in [3.8, 4) is 0 Å². The topological polar surface area (TPSA) is 9.23 Å². The van der Waals surface area contributed by atoms with Gasteiger partial charge in [-0.25, -0.2) is 0 Å². The van der Waals surface area contributed by atoms with Crippen molar-refractivity contribution < 1.29 is 4.74 Å². The van der Waals surface area contributed by atoms with Gasteiger partial charge in [-0.3, -0.25) is 0 Å². The summed E-state index contributed by atoms with van der Waals surface area (Å²) in [5, 5.41) is 0. The van der Waals surface area contributed by atoms with Crippen molar-refractivity contribution in [3.63, 3.8) is 0 Å². The minimum absolute atomic E-state index is 0.210. The fourth-order valence-electron chi connectivity index (χ4n) is 5.09. The third kappa shape index (κ3) is 1.40.